The largest absolute Gasteiger partial charge is 0.462 e. The SMILES string of the molecule is O=C(OCC1C=C(c2ccc(-c3ccc(N4C[C@H](Cn5ccnn5)OC4=O)cc3F)cn2)NO1)C1CCNCC1. The first kappa shape index (κ1) is 25.9. The number of anilines is 1. The van der Waals surface area contributed by atoms with Crippen LogP contribution in [0.5, 0.6) is 0 Å². The Labute approximate surface area is 229 Å². The predicted molar refractivity (Wildman–Crippen MR) is 140 cm³/mol. The van der Waals surface area contributed by atoms with Gasteiger partial charge in [-0.1, -0.05) is 11.3 Å². The molecule has 0 aliphatic carbocycles. The summed E-state index contributed by atoms with van der Waals surface area (Å²) in [5.74, 6) is -0.762. The highest BCUT2D eigenvalue weighted by molar-refractivity contribution is 5.90. The van der Waals surface area contributed by atoms with Crippen LogP contribution in [-0.2, 0) is 25.7 Å². The lowest BCUT2D eigenvalue weighted by molar-refractivity contribution is -0.153. The van der Waals surface area contributed by atoms with Gasteiger partial charge in [0.05, 0.1) is 42.3 Å². The summed E-state index contributed by atoms with van der Waals surface area (Å²) in [5, 5.41) is 10.9. The number of amides is 1. The number of piperidine rings is 1. The number of rotatable bonds is 8. The molecule has 2 aromatic heterocycles. The molecule has 0 radical (unpaired) electrons. The zero-order valence-corrected chi connectivity index (χ0v) is 21.5. The Hall–Kier alpha value is -4.36. The molecule has 0 bridgehead atoms. The van der Waals surface area contributed by atoms with Crippen molar-refractivity contribution < 1.29 is 28.3 Å². The third-order valence-corrected chi connectivity index (χ3v) is 7.09. The van der Waals surface area contributed by atoms with E-state index in [0.717, 1.165) is 25.9 Å². The quantitative estimate of drug-likeness (QED) is 0.403. The maximum atomic E-state index is 15.1. The van der Waals surface area contributed by atoms with Crippen molar-refractivity contribution in [1.82, 2.24) is 30.8 Å². The summed E-state index contributed by atoms with van der Waals surface area (Å²) >= 11 is 0. The molecule has 2 N–H and O–H groups in total. The van der Waals surface area contributed by atoms with Gasteiger partial charge < -0.3 is 14.8 Å². The minimum atomic E-state index is -0.540. The second kappa shape index (κ2) is 11.4. The number of hydroxylamine groups is 1. The third-order valence-electron chi connectivity index (χ3n) is 7.09. The van der Waals surface area contributed by atoms with Gasteiger partial charge in [-0.3, -0.25) is 25.0 Å². The minimum Gasteiger partial charge on any atom is -0.462 e. The normalized spacial score (nSPS) is 21.2. The number of carbonyl (C=O) groups is 2. The smallest absolute Gasteiger partial charge is 0.414 e. The Morgan fingerprint density at radius 3 is 2.83 bits per heavy atom. The number of cyclic esters (lactones) is 1. The number of nitrogens with one attached hydrogen (secondary N) is 2. The van der Waals surface area contributed by atoms with Crippen LogP contribution in [0, 0.1) is 11.7 Å². The fourth-order valence-corrected chi connectivity index (χ4v) is 4.94. The number of nitrogens with zero attached hydrogens (tertiary/aromatic N) is 5. The molecule has 3 aromatic rings. The molecule has 3 aliphatic rings. The minimum absolute atomic E-state index is 0.0748. The van der Waals surface area contributed by atoms with E-state index in [4.69, 9.17) is 14.3 Å². The highest BCUT2D eigenvalue weighted by atomic mass is 19.1. The van der Waals surface area contributed by atoms with Gasteiger partial charge in [0.2, 0.25) is 0 Å². The molecule has 6 rings (SSSR count). The van der Waals surface area contributed by atoms with Gasteiger partial charge in [-0.05, 0) is 56.3 Å². The van der Waals surface area contributed by atoms with E-state index in [0.29, 0.717) is 34.8 Å². The van der Waals surface area contributed by atoms with Crippen molar-refractivity contribution in [2.24, 2.45) is 5.92 Å². The second-order valence-corrected chi connectivity index (χ2v) is 9.83. The molecule has 40 heavy (non-hydrogen) atoms. The van der Waals surface area contributed by atoms with Gasteiger partial charge in [0.25, 0.3) is 0 Å². The lowest BCUT2D eigenvalue weighted by atomic mass is 9.99. The molecular formula is C27H28FN7O5. The summed E-state index contributed by atoms with van der Waals surface area (Å²) in [6, 6.07) is 8.11. The zero-order valence-electron chi connectivity index (χ0n) is 21.5. The molecule has 2 fully saturated rings. The maximum Gasteiger partial charge on any atom is 0.414 e. The van der Waals surface area contributed by atoms with Gasteiger partial charge in [0.15, 0.2) is 0 Å². The molecular weight excluding hydrogens is 521 g/mol. The highest BCUT2D eigenvalue weighted by Gasteiger charge is 2.33. The summed E-state index contributed by atoms with van der Waals surface area (Å²) in [6.45, 7) is 2.39. The number of carbonyl (C=O) groups excluding carboxylic acids is 2. The average Bonchev–Trinajstić information content (AvgIpc) is 3.74. The van der Waals surface area contributed by atoms with Crippen molar-refractivity contribution in [2.45, 2.75) is 31.6 Å². The van der Waals surface area contributed by atoms with Crippen LogP contribution in [0.25, 0.3) is 16.8 Å². The van der Waals surface area contributed by atoms with E-state index in [-0.39, 0.29) is 25.0 Å². The molecule has 5 heterocycles. The van der Waals surface area contributed by atoms with Crippen LogP contribution in [0.3, 0.4) is 0 Å². The Morgan fingerprint density at radius 2 is 2.08 bits per heavy atom. The predicted octanol–water partition coefficient (Wildman–Crippen LogP) is 2.29. The van der Waals surface area contributed by atoms with Gasteiger partial charge in [-0.2, -0.15) is 0 Å². The van der Waals surface area contributed by atoms with Crippen molar-refractivity contribution in [2.75, 3.05) is 31.1 Å². The van der Waals surface area contributed by atoms with Crippen molar-refractivity contribution >= 4 is 23.4 Å². The van der Waals surface area contributed by atoms with Gasteiger partial charge in [0.1, 0.15) is 24.6 Å². The molecule has 1 aromatic carbocycles. The van der Waals surface area contributed by atoms with Gasteiger partial charge in [-0.15, -0.1) is 5.10 Å². The van der Waals surface area contributed by atoms with E-state index in [2.05, 4.69) is 26.1 Å². The molecule has 2 saturated heterocycles. The van der Waals surface area contributed by atoms with E-state index in [1.165, 1.54) is 11.0 Å². The van der Waals surface area contributed by atoms with Crippen LogP contribution < -0.4 is 15.7 Å². The zero-order chi connectivity index (χ0) is 27.5. The average molecular weight is 550 g/mol. The molecule has 208 valence electrons. The first-order chi connectivity index (χ1) is 19.5. The maximum absolute atomic E-state index is 15.1. The standard InChI is InChI=1S/C27H28FN7O5/c28-23-11-19(35-15-21(39-27(35)37)14-34-10-9-31-33-34)2-3-22(23)18-1-4-24(30-13-18)25-12-20(40-32-25)16-38-26(36)17-5-7-29-8-6-17/h1-4,9-13,17,20-21,29,32H,5-8,14-16H2/t20?,21-/m0/s1. The molecule has 1 amide bonds. The Kier molecular flexibility index (Phi) is 7.38. The van der Waals surface area contributed by atoms with Gasteiger partial charge in [-0.25, -0.2) is 13.9 Å². The summed E-state index contributed by atoms with van der Waals surface area (Å²) in [5.41, 5.74) is 5.39. The van der Waals surface area contributed by atoms with Gasteiger partial charge >= 0.3 is 12.1 Å². The molecule has 0 spiro atoms. The van der Waals surface area contributed by atoms with Crippen molar-refractivity contribution in [1.29, 1.82) is 0 Å². The molecule has 12 nitrogen and oxygen atoms in total. The van der Waals surface area contributed by atoms with Gasteiger partial charge in [0, 0.05) is 23.5 Å². The number of benzene rings is 1. The Balaban J connectivity index is 1.07. The van der Waals surface area contributed by atoms with Crippen LogP contribution in [-0.4, -0.2) is 70.5 Å². The van der Waals surface area contributed by atoms with Crippen LogP contribution in [0.15, 0.2) is 55.0 Å². The molecule has 0 saturated carbocycles. The topological polar surface area (TPSA) is 133 Å². The molecule has 2 atom stereocenters. The lowest BCUT2D eigenvalue weighted by Crippen LogP contribution is -2.33. The number of aromatic nitrogens is 4. The van der Waals surface area contributed by atoms with E-state index < -0.39 is 24.1 Å². The summed E-state index contributed by atoms with van der Waals surface area (Å²) < 4.78 is 27.6. The fourth-order valence-electron chi connectivity index (χ4n) is 4.94. The number of hydrogen-bond acceptors (Lipinski definition) is 10. The Bertz CT molecular complexity index is 1390. The number of hydrogen-bond donors (Lipinski definition) is 2. The number of halogens is 1. The highest BCUT2D eigenvalue weighted by Crippen LogP contribution is 2.30. The fraction of sp³-hybridized carbons (Fsp3) is 0.370. The van der Waals surface area contributed by atoms with Crippen LogP contribution in [0.1, 0.15) is 18.5 Å². The number of pyridine rings is 1. The van der Waals surface area contributed by atoms with Crippen molar-refractivity contribution in [3.05, 3.63) is 66.5 Å². The third kappa shape index (κ3) is 5.65. The van der Waals surface area contributed by atoms with E-state index in [1.807, 2.05) is 0 Å². The van der Waals surface area contributed by atoms with Crippen molar-refractivity contribution in [3.63, 3.8) is 0 Å². The van der Waals surface area contributed by atoms with Crippen LogP contribution >= 0.6 is 0 Å². The molecule has 3 aliphatic heterocycles. The van der Waals surface area contributed by atoms with E-state index in [1.54, 1.807) is 53.6 Å². The first-order valence-corrected chi connectivity index (χ1v) is 13.1. The van der Waals surface area contributed by atoms with Crippen LogP contribution in [0.2, 0.25) is 0 Å². The van der Waals surface area contributed by atoms with E-state index in [9.17, 15) is 9.59 Å². The summed E-state index contributed by atoms with van der Waals surface area (Å²) in [7, 11) is 0. The molecule has 13 heteroatoms. The van der Waals surface area contributed by atoms with E-state index >= 15 is 4.39 Å². The van der Waals surface area contributed by atoms with Crippen LogP contribution in [0.4, 0.5) is 14.9 Å². The Morgan fingerprint density at radius 1 is 1.20 bits per heavy atom. The number of esters is 1. The number of ether oxygens (including phenoxy) is 2. The second-order valence-electron chi connectivity index (χ2n) is 9.83. The summed E-state index contributed by atoms with van der Waals surface area (Å²) in [6.07, 6.45) is 6.77. The summed E-state index contributed by atoms with van der Waals surface area (Å²) in [4.78, 5) is 36.0. The van der Waals surface area contributed by atoms with Crippen molar-refractivity contribution in [3.8, 4) is 11.1 Å². The lowest BCUT2D eigenvalue weighted by Gasteiger charge is -2.21. The monoisotopic (exact) mass is 549 g/mol. The molecule has 1 unspecified atom stereocenters. The first-order valence-electron chi connectivity index (χ1n) is 13.1.